The van der Waals surface area contributed by atoms with Crippen LogP contribution in [0.4, 0.5) is 11.5 Å². The zero-order chi connectivity index (χ0) is 18.5. The van der Waals surface area contributed by atoms with Gasteiger partial charge in [0.1, 0.15) is 6.54 Å². The lowest BCUT2D eigenvalue weighted by atomic mass is 10.3. The minimum atomic E-state index is -0.435. The van der Waals surface area contributed by atoms with Crippen molar-refractivity contribution < 1.29 is 9.59 Å². The summed E-state index contributed by atoms with van der Waals surface area (Å²) in [6.45, 7) is 0.236. The number of carbonyl (C=O) groups excluding carboxylic acids is 2. The highest BCUT2D eigenvalue weighted by molar-refractivity contribution is 9.10. The van der Waals surface area contributed by atoms with Crippen molar-refractivity contribution in [1.29, 1.82) is 0 Å². The number of nitrogens with zero attached hydrogens (tertiary/aromatic N) is 3. The van der Waals surface area contributed by atoms with Crippen molar-refractivity contribution in [2.75, 3.05) is 11.1 Å². The third kappa shape index (κ3) is 4.46. The van der Waals surface area contributed by atoms with E-state index in [-0.39, 0.29) is 24.0 Å². The van der Waals surface area contributed by atoms with Gasteiger partial charge in [-0.3, -0.25) is 9.59 Å². The van der Waals surface area contributed by atoms with Gasteiger partial charge in [0.25, 0.3) is 5.91 Å². The summed E-state index contributed by atoms with van der Waals surface area (Å²) in [5, 5.41) is 14.9. The SMILES string of the molecule is Nc1c(C(=O)NCc2cccs2)nnn1CC(=O)Nc1ccc(Br)cc1. The Morgan fingerprint density at radius 2 is 2.00 bits per heavy atom. The molecule has 3 rings (SSSR count). The summed E-state index contributed by atoms with van der Waals surface area (Å²) < 4.78 is 2.10. The molecule has 1 aromatic carbocycles. The molecular weight excluding hydrogens is 420 g/mol. The van der Waals surface area contributed by atoms with Crippen molar-refractivity contribution in [3.8, 4) is 0 Å². The van der Waals surface area contributed by atoms with Gasteiger partial charge in [0.2, 0.25) is 5.91 Å². The molecule has 3 aromatic rings. The lowest BCUT2D eigenvalue weighted by Gasteiger charge is -2.06. The smallest absolute Gasteiger partial charge is 0.276 e. The topological polar surface area (TPSA) is 115 Å². The highest BCUT2D eigenvalue weighted by atomic mass is 79.9. The average molecular weight is 435 g/mol. The Labute approximate surface area is 161 Å². The summed E-state index contributed by atoms with van der Waals surface area (Å²) in [6, 6.07) is 11.0. The molecule has 0 aliphatic heterocycles. The molecule has 0 saturated heterocycles. The first-order valence-corrected chi connectivity index (χ1v) is 9.25. The maximum Gasteiger partial charge on any atom is 0.276 e. The monoisotopic (exact) mass is 434 g/mol. The summed E-state index contributed by atoms with van der Waals surface area (Å²) in [5.74, 6) is -0.718. The first-order chi connectivity index (χ1) is 12.5. The van der Waals surface area contributed by atoms with Gasteiger partial charge in [-0.1, -0.05) is 27.2 Å². The average Bonchev–Trinajstić information content (AvgIpc) is 3.26. The van der Waals surface area contributed by atoms with Crippen LogP contribution in [0.3, 0.4) is 0 Å². The van der Waals surface area contributed by atoms with E-state index < -0.39 is 5.91 Å². The van der Waals surface area contributed by atoms with E-state index in [2.05, 4.69) is 36.9 Å². The third-order valence-electron chi connectivity index (χ3n) is 3.41. The summed E-state index contributed by atoms with van der Waals surface area (Å²) in [7, 11) is 0. The van der Waals surface area contributed by atoms with Gasteiger partial charge >= 0.3 is 0 Å². The molecule has 0 aliphatic rings. The van der Waals surface area contributed by atoms with Gasteiger partial charge in [0, 0.05) is 15.0 Å². The number of carbonyl (C=O) groups is 2. The lowest BCUT2D eigenvalue weighted by molar-refractivity contribution is -0.116. The second-order valence-electron chi connectivity index (χ2n) is 5.30. The zero-order valence-corrected chi connectivity index (χ0v) is 15.9. The molecule has 2 amide bonds. The van der Waals surface area contributed by atoms with E-state index in [0.29, 0.717) is 12.2 Å². The van der Waals surface area contributed by atoms with Crippen LogP contribution < -0.4 is 16.4 Å². The van der Waals surface area contributed by atoms with Crippen LogP contribution in [0.1, 0.15) is 15.4 Å². The maximum absolute atomic E-state index is 12.2. The molecule has 26 heavy (non-hydrogen) atoms. The number of nitrogen functional groups attached to an aromatic ring is 1. The molecule has 2 heterocycles. The Hall–Kier alpha value is -2.72. The number of aromatic nitrogens is 3. The molecule has 0 bridgehead atoms. The van der Waals surface area contributed by atoms with Gasteiger partial charge in [-0.2, -0.15) is 0 Å². The van der Waals surface area contributed by atoms with Gasteiger partial charge < -0.3 is 16.4 Å². The minimum absolute atomic E-state index is 0.00185. The van der Waals surface area contributed by atoms with Crippen LogP contribution in [0.25, 0.3) is 0 Å². The molecule has 0 aliphatic carbocycles. The second-order valence-corrected chi connectivity index (χ2v) is 7.25. The Bertz CT molecular complexity index is 907. The Balaban J connectivity index is 1.59. The van der Waals surface area contributed by atoms with Crippen LogP contribution >= 0.6 is 27.3 Å². The number of halogens is 1. The van der Waals surface area contributed by atoms with Crippen molar-refractivity contribution in [2.24, 2.45) is 0 Å². The number of nitrogens with one attached hydrogen (secondary N) is 2. The van der Waals surface area contributed by atoms with Gasteiger partial charge in [-0.05, 0) is 35.7 Å². The summed E-state index contributed by atoms with van der Waals surface area (Å²) >= 11 is 4.86. The quantitative estimate of drug-likeness (QED) is 0.550. The number of benzene rings is 1. The molecule has 0 radical (unpaired) electrons. The Morgan fingerprint density at radius 1 is 1.23 bits per heavy atom. The van der Waals surface area contributed by atoms with Gasteiger partial charge in [-0.25, -0.2) is 4.68 Å². The summed E-state index contributed by atoms with van der Waals surface area (Å²) in [4.78, 5) is 25.3. The first kappa shape index (κ1) is 18.1. The fraction of sp³-hybridized carbons (Fsp3) is 0.125. The first-order valence-electron chi connectivity index (χ1n) is 7.58. The van der Waals surface area contributed by atoms with E-state index in [1.807, 2.05) is 29.6 Å². The number of anilines is 2. The Kier molecular flexibility index (Phi) is 5.64. The standard InChI is InChI=1S/C16H15BrN6O2S/c17-10-3-5-11(6-4-10)20-13(24)9-23-15(18)14(21-22-23)16(25)19-8-12-2-1-7-26-12/h1-7H,8-9,18H2,(H,19,25)(H,20,24). The lowest BCUT2D eigenvalue weighted by Crippen LogP contribution is -2.24. The van der Waals surface area contributed by atoms with E-state index in [1.165, 1.54) is 16.0 Å². The fourth-order valence-electron chi connectivity index (χ4n) is 2.13. The van der Waals surface area contributed by atoms with E-state index in [0.717, 1.165) is 9.35 Å². The summed E-state index contributed by atoms with van der Waals surface area (Å²) in [5.41, 5.74) is 6.55. The van der Waals surface area contributed by atoms with Gasteiger partial charge in [0.15, 0.2) is 11.5 Å². The molecule has 0 saturated carbocycles. The molecule has 0 unspecified atom stereocenters. The van der Waals surface area contributed by atoms with Crippen molar-refractivity contribution >= 4 is 50.6 Å². The van der Waals surface area contributed by atoms with Gasteiger partial charge in [-0.15, -0.1) is 16.4 Å². The number of rotatable bonds is 6. The van der Waals surface area contributed by atoms with E-state index in [4.69, 9.17) is 5.73 Å². The summed E-state index contributed by atoms with van der Waals surface area (Å²) in [6.07, 6.45) is 0. The van der Waals surface area contributed by atoms with Crippen LogP contribution in [0, 0.1) is 0 Å². The highest BCUT2D eigenvalue weighted by Crippen LogP contribution is 2.15. The van der Waals surface area contributed by atoms with E-state index in [1.54, 1.807) is 12.1 Å². The molecule has 0 atom stereocenters. The zero-order valence-electron chi connectivity index (χ0n) is 13.5. The number of hydrogen-bond donors (Lipinski definition) is 3. The van der Waals surface area contributed by atoms with Crippen LogP contribution in [0.2, 0.25) is 0 Å². The maximum atomic E-state index is 12.2. The molecule has 8 nitrogen and oxygen atoms in total. The largest absolute Gasteiger partial charge is 0.382 e. The van der Waals surface area contributed by atoms with Crippen LogP contribution in [0.15, 0.2) is 46.3 Å². The van der Waals surface area contributed by atoms with Crippen LogP contribution in [-0.4, -0.2) is 26.8 Å². The molecule has 10 heteroatoms. The normalized spacial score (nSPS) is 10.5. The molecular formula is C16H15BrN6O2S. The number of nitrogens with two attached hydrogens (primary N) is 1. The molecule has 2 aromatic heterocycles. The predicted molar refractivity (Wildman–Crippen MR) is 103 cm³/mol. The van der Waals surface area contributed by atoms with E-state index >= 15 is 0 Å². The van der Waals surface area contributed by atoms with Crippen LogP contribution in [-0.2, 0) is 17.9 Å². The molecule has 134 valence electrons. The van der Waals surface area contributed by atoms with Crippen molar-refractivity contribution in [1.82, 2.24) is 20.3 Å². The van der Waals surface area contributed by atoms with Crippen molar-refractivity contribution in [3.63, 3.8) is 0 Å². The second kappa shape index (κ2) is 8.11. The van der Waals surface area contributed by atoms with Crippen molar-refractivity contribution in [3.05, 3.63) is 56.8 Å². The fourth-order valence-corrected chi connectivity index (χ4v) is 3.04. The van der Waals surface area contributed by atoms with Crippen molar-refractivity contribution in [2.45, 2.75) is 13.1 Å². The minimum Gasteiger partial charge on any atom is -0.382 e. The number of amides is 2. The third-order valence-corrected chi connectivity index (χ3v) is 4.82. The highest BCUT2D eigenvalue weighted by Gasteiger charge is 2.18. The number of thiophene rings is 1. The van der Waals surface area contributed by atoms with E-state index in [9.17, 15) is 9.59 Å². The molecule has 4 N–H and O–H groups in total. The molecule has 0 fully saturated rings. The predicted octanol–water partition coefficient (Wildman–Crippen LogP) is 2.25. The van der Waals surface area contributed by atoms with Gasteiger partial charge in [0.05, 0.1) is 6.54 Å². The molecule has 0 spiro atoms. The Morgan fingerprint density at radius 3 is 2.69 bits per heavy atom. The number of hydrogen-bond acceptors (Lipinski definition) is 6. The van der Waals surface area contributed by atoms with Crippen LogP contribution in [0.5, 0.6) is 0 Å².